The van der Waals surface area contributed by atoms with Gasteiger partial charge < -0.3 is 5.11 Å². The van der Waals surface area contributed by atoms with Crippen molar-refractivity contribution in [2.75, 3.05) is 13.1 Å². The summed E-state index contributed by atoms with van der Waals surface area (Å²) in [5.41, 5.74) is 0. The number of aryl methyl sites for hydroxylation is 1. The molecule has 7 heteroatoms. The predicted octanol–water partition coefficient (Wildman–Crippen LogP) is 2.18. The third-order valence-corrected chi connectivity index (χ3v) is 6.64. The summed E-state index contributed by atoms with van der Waals surface area (Å²) in [5, 5.41) is 8.94. The van der Waals surface area contributed by atoms with Crippen molar-refractivity contribution < 1.29 is 18.3 Å². The van der Waals surface area contributed by atoms with Crippen molar-refractivity contribution in [3.8, 4) is 0 Å². The molecule has 0 radical (unpaired) electrons. The standard InChI is InChI=1S/C12H17NO4S2/c1-8-3-5-13(6-4-8)19(16,17)11-7-10(12(14)15)18-9(11)2/h7-8H,3-6H2,1-2H3,(H,14,15). The molecule has 0 amide bonds. The minimum atomic E-state index is -3.55. The number of hydrogen-bond acceptors (Lipinski definition) is 4. The first-order valence-corrected chi connectivity index (χ1v) is 8.42. The lowest BCUT2D eigenvalue weighted by atomic mass is 10.0. The number of nitrogens with zero attached hydrogens (tertiary/aromatic N) is 1. The van der Waals surface area contributed by atoms with Gasteiger partial charge in [-0.05, 0) is 31.7 Å². The number of piperidine rings is 1. The van der Waals surface area contributed by atoms with E-state index in [0.29, 0.717) is 23.9 Å². The molecule has 0 spiro atoms. The molecule has 106 valence electrons. The van der Waals surface area contributed by atoms with Gasteiger partial charge in [0.25, 0.3) is 0 Å². The normalized spacial score (nSPS) is 18.6. The Kier molecular flexibility index (Phi) is 3.98. The SMILES string of the molecule is Cc1sc(C(=O)O)cc1S(=O)(=O)N1CCC(C)CC1. The zero-order valence-electron chi connectivity index (χ0n) is 10.9. The van der Waals surface area contributed by atoms with Crippen LogP contribution in [0.5, 0.6) is 0 Å². The van der Waals surface area contributed by atoms with E-state index in [2.05, 4.69) is 6.92 Å². The van der Waals surface area contributed by atoms with Gasteiger partial charge in [-0.25, -0.2) is 13.2 Å². The summed E-state index contributed by atoms with van der Waals surface area (Å²) in [5.74, 6) is -0.536. The Labute approximate surface area is 116 Å². The largest absolute Gasteiger partial charge is 0.477 e. The van der Waals surface area contributed by atoms with Gasteiger partial charge >= 0.3 is 5.97 Å². The van der Waals surface area contributed by atoms with E-state index in [0.717, 1.165) is 24.2 Å². The second-order valence-corrected chi connectivity index (χ2v) is 8.09. The molecule has 0 unspecified atom stereocenters. The van der Waals surface area contributed by atoms with Crippen LogP contribution in [0.2, 0.25) is 0 Å². The lowest BCUT2D eigenvalue weighted by Gasteiger charge is -2.29. The number of carboxylic acid groups (broad SMARTS) is 1. The molecule has 1 N–H and O–H groups in total. The molecule has 1 aliphatic rings. The molecule has 1 aromatic heterocycles. The smallest absolute Gasteiger partial charge is 0.345 e. The first-order valence-electron chi connectivity index (χ1n) is 6.16. The molecule has 0 atom stereocenters. The molecule has 19 heavy (non-hydrogen) atoms. The molecular formula is C12H17NO4S2. The number of rotatable bonds is 3. The zero-order valence-corrected chi connectivity index (χ0v) is 12.6. The van der Waals surface area contributed by atoms with Crippen LogP contribution >= 0.6 is 11.3 Å². The maximum absolute atomic E-state index is 12.5. The van der Waals surface area contributed by atoms with Crippen molar-refractivity contribution in [3.63, 3.8) is 0 Å². The molecular weight excluding hydrogens is 286 g/mol. The molecule has 0 saturated carbocycles. The Morgan fingerprint density at radius 3 is 2.47 bits per heavy atom. The summed E-state index contributed by atoms with van der Waals surface area (Å²) in [7, 11) is -3.55. The van der Waals surface area contributed by atoms with Gasteiger partial charge in [0, 0.05) is 18.0 Å². The monoisotopic (exact) mass is 303 g/mol. The van der Waals surface area contributed by atoms with E-state index in [1.807, 2.05) is 0 Å². The van der Waals surface area contributed by atoms with Crippen LogP contribution in [-0.2, 0) is 10.0 Å². The van der Waals surface area contributed by atoms with Gasteiger partial charge in [0.05, 0.1) is 4.90 Å². The van der Waals surface area contributed by atoms with Crippen molar-refractivity contribution >= 4 is 27.3 Å². The molecule has 0 aliphatic carbocycles. The Hall–Kier alpha value is -0.920. The maximum atomic E-state index is 12.5. The summed E-state index contributed by atoms with van der Waals surface area (Å²) in [6.07, 6.45) is 1.71. The number of sulfonamides is 1. The van der Waals surface area contributed by atoms with Crippen LogP contribution in [0.4, 0.5) is 0 Å². The Morgan fingerprint density at radius 2 is 2.00 bits per heavy atom. The first-order chi connectivity index (χ1) is 8.82. The fourth-order valence-electron chi connectivity index (χ4n) is 2.19. The highest BCUT2D eigenvalue weighted by molar-refractivity contribution is 7.89. The fourth-order valence-corrected chi connectivity index (χ4v) is 5.06. The molecule has 1 fully saturated rings. The number of hydrogen-bond donors (Lipinski definition) is 1. The second kappa shape index (κ2) is 5.22. The molecule has 5 nitrogen and oxygen atoms in total. The van der Waals surface area contributed by atoms with Gasteiger partial charge in [0.2, 0.25) is 10.0 Å². The third kappa shape index (κ3) is 2.82. The van der Waals surface area contributed by atoms with Crippen LogP contribution in [0.25, 0.3) is 0 Å². The van der Waals surface area contributed by atoms with E-state index >= 15 is 0 Å². The summed E-state index contributed by atoms with van der Waals surface area (Å²) in [4.78, 5) is 11.7. The van der Waals surface area contributed by atoms with Gasteiger partial charge in [0.15, 0.2) is 0 Å². The number of thiophene rings is 1. The van der Waals surface area contributed by atoms with Crippen LogP contribution in [-0.4, -0.2) is 36.9 Å². The zero-order chi connectivity index (χ0) is 14.2. The predicted molar refractivity (Wildman–Crippen MR) is 73.2 cm³/mol. The number of aromatic carboxylic acids is 1. The first kappa shape index (κ1) is 14.5. The highest BCUT2D eigenvalue weighted by Gasteiger charge is 2.31. The van der Waals surface area contributed by atoms with E-state index in [4.69, 9.17) is 5.11 Å². The minimum Gasteiger partial charge on any atom is -0.477 e. The van der Waals surface area contributed by atoms with E-state index in [1.165, 1.54) is 10.4 Å². The number of carbonyl (C=O) groups is 1. The molecule has 1 aromatic rings. The van der Waals surface area contributed by atoms with E-state index in [-0.39, 0.29) is 9.77 Å². The topological polar surface area (TPSA) is 74.7 Å². The van der Waals surface area contributed by atoms with Crippen LogP contribution in [0.1, 0.15) is 34.3 Å². The third-order valence-electron chi connectivity index (χ3n) is 3.44. The van der Waals surface area contributed by atoms with Gasteiger partial charge in [-0.1, -0.05) is 6.92 Å². The highest BCUT2D eigenvalue weighted by atomic mass is 32.2. The second-order valence-electron chi connectivity index (χ2n) is 4.92. The van der Waals surface area contributed by atoms with Crippen LogP contribution in [0.3, 0.4) is 0 Å². The highest BCUT2D eigenvalue weighted by Crippen LogP contribution is 2.30. The summed E-state index contributed by atoms with van der Waals surface area (Å²) in [6.45, 7) is 4.79. The van der Waals surface area contributed by atoms with Crippen molar-refractivity contribution in [1.29, 1.82) is 0 Å². The molecule has 2 heterocycles. The van der Waals surface area contributed by atoms with Gasteiger partial charge in [-0.2, -0.15) is 4.31 Å². The molecule has 2 rings (SSSR count). The van der Waals surface area contributed by atoms with E-state index in [9.17, 15) is 13.2 Å². The summed E-state index contributed by atoms with van der Waals surface area (Å²) < 4.78 is 26.4. The number of carboxylic acids is 1. The van der Waals surface area contributed by atoms with E-state index < -0.39 is 16.0 Å². The van der Waals surface area contributed by atoms with Gasteiger partial charge in [0.1, 0.15) is 4.88 Å². The molecule has 0 aromatic carbocycles. The molecule has 1 aliphatic heterocycles. The average molecular weight is 303 g/mol. The lowest BCUT2D eigenvalue weighted by Crippen LogP contribution is -2.37. The Morgan fingerprint density at radius 1 is 1.42 bits per heavy atom. The van der Waals surface area contributed by atoms with Crippen LogP contribution < -0.4 is 0 Å². The quantitative estimate of drug-likeness (QED) is 0.928. The molecule has 1 saturated heterocycles. The van der Waals surface area contributed by atoms with Crippen LogP contribution in [0.15, 0.2) is 11.0 Å². The fraction of sp³-hybridized carbons (Fsp3) is 0.583. The Bertz CT molecular complexity index is 583. The summed E-state index contributed by atoms with van der Waals surface area (Å²) in [6, 6.07) is 1.27. The maximum Gasteiger partial charge on any atom is 0.345 e. The average Bonchev–Trinajstić information content (AvgIpc) is 2.73. The van der Waals surface area contributed by atoms with Gasteiger partial charge in [-0.3, -0.25) is 0 Å². The summed E-state index contributed by atoms with van der Waals surface area (Å²) >= 11 is 1.01. The van der Waals surface area contributed by atoms with Crippen molar-refractivity contribution in [2.45, 2.75) is 31.6 Å². The Balaban J connectivity index is 2.32. The van der Waals surface area contributed by atoms with Crippen molar-refractivity contribution in [3.05, 3.63) is 15.8 Å². The van der Waals surface area contributed by atoms with Crippen molar-refractivity contribution in [1.82, 2.24) is 4.31 Å². The van der Waals surface area contributed by atoms with E-state index in [1.54, 1.807) is 6.92 Å². The van der Waals surface area contributed by atoms with Crippen molar-refractivity contribution in [2.24, 2.45) is 5.92 Å². The van der Waals surface area contributed by atoms with Crippen LogP contribution in [0, 0.1) is 12.8 Å². The molecule has 0 bridgehead atoms. The lowest BCUT2D eigenvalue weighted by molar-refractivity contribution is 0.0702. The van der Waals surface area contributed by atoms with Gasteiger partial charge in [-0.15, -0.1) is 11.3 Å². The minimum absolute atomic E-state index is 0.0708.